The third kappa shape index (κ3) is 4.38. The van der Waals surface area contributed by atoms with E-state index in [-0.39, 0.29) is 5.91 Å². The molecule has 2 rings (SSSR count). The molecule has 2 aromatic rings. The van der Waals surface area contributed by atoms with E-state index in [4.69, 9.17) is 21.1 Å². The third-order valence-corrected chi connectivity index (χ3v) is 3.54. The molecule has 0 radical (unpaired) electrons. The van der Waals surface area contributed by atoms with E-state index in [1.54, 1.807) is 18.3 Å². The van der Waals surface area contributed by atoms with Crippen molar-refractivity contribution in [3.05, 3.63) is 46.6 Å². The van der Waals surface area contributed by atoms with Gasteiger partial charge >= 0.3 is 0 Å². The number of pyridine rings is 1. The zero-order valence-corrected chi connectivity index (χ0v) is 14.8. The number of ether oxygens (including phenoxy) is 2. The van der Waals surface area contributed by atoms with E-state index in [0.29, 0.717) is 41.1 Å². The summed E-state index contributed by atoms with van der Waals surface area (Å²) in [5.41, 5.74) is 1.27. The first-order valence-electron chi connectivity index (χ1n) is 7.88. The summed E-state index contributed by atoms with van der Waals surface area (Å²) in [4.78, 5) is 16.7. The van der Waals surface area contributed by atoms with E-state index in [1.807, 2.05) is 32.9 Å². The first-order valence-corrected chi connectivity index (χ1v) is 8.26. The Balaban J connectivity index is 2.29. The molecule has 0 saturated heterocycles. The number of rotatable bonds is 7. The second-order valence-corrected chi connectivity index (χ2v) is 5.60. The van der Waals surface area contributed by atoms with Gasteiger partial charge in [0.15, 0.2) is 11.5 Å². The molecule has 0 spiro atoms. The van der Waals surface area contributed by atoms with Gasteiger partial charge in [0.2, 0.25) is 0 Å². The summed E-state index contributed by atoms with van der Waals surface area (Å²) in [5, 5.41) is 3.13. The molecule has 128 valence electrons. The second-order valence-electron chi connectivity index (χ2n) is 5.19. The summed E-state index contributed by atoms with van der Waals surface area (Å²) in [5.74, 6) is 1.14. The maximum absolute atomic E-state index is 12.5. The maximum atomic E-state index is 12.5. The van der Waals surface area contributed by atoms with Crippen molar-refractivity contribution in [2.45, 2.75) is 27.2 Å². The van der Waals surface area contributed by atoms with Crippen LogP contribution in [0.1, 0.15) is 36.2 Å². The molecule has 0 fully saturated rings. The van der Waals surface area contributed by atoms with E-state index in [9.17, 15) is 4.79 Å². The number of benzene rings is 1. The van der Waals surface area contributed by atoms with Gasteiger partial charge < -0.3 is 14.8 Å². The number of hydrogen-bond donors (Lipinski definition) is 1. The van der Waals surface area contributed by atoms with Gasteiger partial charge in [-0.15, -0.1) is 0 Å². The lowest BCUT2D eigenvalue weighted by Crippen LogP contribution is -2.14. The quantitative estimate of drug-likeness (QED) is 0.801. The van der Waals surface area contributed by atoms with Gasteiger partial charge in [0.1, 0.15) is 5.82 Å². The van der Waals surface area contributed by atoms with Crippen LogP contribution in [0.5, 0.6) is 11.5 Å². The third-order valence-electron chi connectivity index (χ3n) is 3.26. The number of carbonyl (C=O) groups excluding carboxylic acids is 1. The monoisotopic (exact) mass is 348 g/mol. The lowest BCUT2D eigenvalue weighted by molar-refractivity contribution is 0.102. The highest BCUT2D eigenvalue weighted by Gasteiger charge is 2.17. The molecule has 0 saturated carbocycles. The molecular formula is C18H21ClN2O3. The summed E-state index contributed by atoms with van der Waals surface area (Å²) < 4.78 is 11.2. The smallest absolute Gasteiger partial charge is 0.257 e. The number of aromatic nitrogens is 1. The van der Waals surface area contributed by atoms with Gasteiger partial charge in [-0.3, -0.25) is 4.79 Å². The maximum Gasteiger partial charge on any atom is 0.257 e. The van der Waals surface area contributed by atoms with Crippen LogP contribution in [0.15, 0.2) is 30.5 Å². The largest absolute Gasteiger partial charge is 0.490 e. The molecule has 0 unspecified atom stereocenters. The molecule has 1 heterocycles. The summed E-state index contributed by atoms with van der Waals surface area (Å²) in [6.07, 6.45) is 2.48. The summed E-state index contributed by atoms with van der Waals surface area (Å²) in [6.45, 7) is 6.72. The van der Waals surface area contributed by atoms with E-state index in [1.165, 1.54) is 0 Å². The molecule has 1 aromatic heterocycles. The van der Waals surface area contributed by atoms with Crippen molar-refractivity contribution < 1.29 is 14.3 Å². The zero-order valence-electron chi connectivity index (χ0n) is 14.1. The van der Waals surface area contributed by atoms with Crippen molar-refractivity contribution >= 4 is 23.3 Å². The van der Waals surface area contributed by atoms with Gasteiger partial charge in [-0.25, -0.2) is 4.98 Å². The fraction of sp³-hybridized carbons (Fsp3) is 0.333. The topological polar surface area (TPSA) is 60.5 Å². The van der Waals surface area contributed by atoms with Gasteiger partial charge in [0, 0.05) is 11.8 Å². The molecule has 0 aliphatic carbocycles. The normalized spacial score (nSPS) is 10.3. The Kier molecular flexibility index (Phi) is 6.44. The zero-order chi connectivity index (χ0) is 17.5. The summed E-state index contributed by atoms with van der Waals surface area (Å²) in [6, 6.07) is 6.90. The average Bonchev–Trinajstić information content (AvgIpc) is 2.56. The van der Waals surface area contributed by atoms with Crippen molar-refractivity contribution in [2.24, 2.45) is 0 Å². The van der Waals surface area contributed by atoms with Crippen molar-refractivity contribution in [1.29, 1.82) is 0 Å². The molecule has 1 N–H and O–H groups in total. The lowest BCUT2D eigenvalue weighted by atomic mass is 10.1. The van der Waals surface area contributed by atoms with Gasteiger partial charge in [-0.1, -0.05) is 24.6 Å². The van der Waals surface area contributed by atoms with Crippen molar-refractivity contribution in [3.63, 3.8) is 0 Å². The van der Waals surface area contributed by atoms with Crippen LogP contribution in [0.2, 0.25) is 5.02 Å². The lowest BCUT2D eigenvalue weighted by Gasteiger charge is -2.15. The molecular weight excluding hydrogens is 328 g/mol. The number of hydrogen-bond acceptors (Lipinski definition) is 4. The number of aryl methyl sites for hydroxylation is 1. The molecule has 6 heteroatoms. The van der Waals surface area contributed by atoms with Crippen LogP contribution in [-0.4, -0.2) is 24.1 Å². The number of anilines is 1. The molecule has 5 nitrogen and oxygen atoms in total. The molecule has 0 bridgehead atoms. The summed E-state index contributed by atoms with van der Waals surface area (Å²) in [7, 11) is 0. The highest BCUT2D eigenvalue weighted by Crippen LogP contribution is 2.37. The van der Waals surface area contributed by atoms with Gasteiger partial charge in [-0.2, -0.15) is 0 Å². The Hall–Kier alpha value is -2.27. The van der Waals surface area contributed by atoms with Crippen molar-refractivity contribution in [3.8, 4) is 11.5 Å². The Morgan fingerprint density at radius 2 is 2.08 bits per heavy atom. The van der Waals surface area contributed by atoms with Crippen LogP contribution < -0.4 is 14.8 Å². The fourth-order valence-electron chi connectivity index (χ4n) is 2.10. The van der Waals surface area contributed by atoms with Crippen molar-refractivity contribution in [1.82, 2.24) is 4.98 Å². The van der Waals surface area contributed by atoms with Gasteiger partial charge in [0.25, 0.3) is 5.91 Å². The minimum Gasteiger partial charge on any atom is -0.490 e. The number of carbonyl (C=O) groups is 1. The van der Waals surface area contributed by atoms with Crippen molar-refractivity contribution in [2.75, 3.05) is 18.5 Å². The highest BCUT2D eigenvalue weighted by molar-refractivity contribution is 6.32. The van der Waals surface area contributed by atoms with Crippen LogP contribution in [0.25, 0.3) is 0 Å². The van der Waals surface area contributed by atoms with E-state index in [0.717, 1.165) is 12.0 Å². The number of amides is 1. The second kappa shape index (κ2) is 8.55. The SMILES string of the molecule is CCCOc1c(Cl)cc(C(=O)Nc2ncccc2C)cc1OCC. The molecule has 0 atom stereocenters. The Labute approximate surface area is 147 Å². The first kappa shape index (κ1) is 18.1. The van der Waals surface area contributed by atoms with Crippen LogP contribution in [-0.2, 0) is 0 Å². The van der Waals surface area contributed by atoms with E-state index in [2.05, 4.69) is 10.3 Å². The first-order chi connectivity index (χ1) is 11.6. The molecule has 1 aromatic carbocycles. The van der Waals surface area contributed by atoms with Crippen LogP contribution in [0.3, 0.4) is 0 Å². The number of nitrogens with one attached hydrogen (secondary N) is 1. The number of halogens is 1. The predicted octanol–water partition coefficient (Wildman–Crippen LogP) is 4.48. The van der Waals surface area contributed by atoms with Crippen LogP contribution in [0.4, 0.5) is 5.82 Å². The van der Waals surface area contributed by atoms with Crippen LogP contribution >= 0.6 is 11.6 Å². The Morgan fingerprint density at radius 1 is 1.29 bits per heavy atom. The minimum absolute atomic E-state index is 0.304. The Morgan fingerprint density at radius 3 is 2.75 bits per heavy atom. The minimum atomic E-state index is -0.304. The standard InChI is InChI=1S/C18H21ClN2O3/c1-4-9-24-16-14(19)10-13(11-15(16)23-5-2)18(22)21-17-12(3)7-6-8-20-17/h6-8,10-11H,4-5,9H2,1-3H3,(H,20,21,22). The van der Waals surface area contributed by atoms with E-state index >= 15 is 0 Å². The molecule has 0 aliphatic rings. The Bertz CT molecular complexity index is 719. The number of nitrogens with zero attached hydrogens (tertiary/aromatic N) is 1. The predicted molar refractivity (Wildman–Crippen MR) is 95.3 cm³/mol. The van der Waals surface area contributed by atoms with Gasteiger partial charge in [-0.05, 0) is 44.0 Å². The molecule has 24 heavy (non-hydrogen) atoms. The van der Waals surface area contributed by atoms with Gasteiger partial charge in [0.05, 0.1) is 18.2 Å². The molecule has 0 aliphatic heterocycles. The highest BCUT2D eigenvalue weighted by atomic mass is 35.5. The molecule has 1 amide bonds. The average molecular weight is 349 g/mol. The van der Waals surface area contributed by atoms with Crippen LogP contribution in [0, 0.1) is 6.92 Å². The summed E-state index contributed by atoms with van der Waals surface area (Å²) >= 11 is 6.28. The van der Waals surface area contributed by atoms with E-state index < -0.39 is 0 Å². The fourth-order valence-corrected chi connectivity index (χ4v) is 2.37.